The third-order valence-corrected chi connectivity index (χ3v) is 5.76. The van der Waals surface area contributed by atoms with Crippen LogP contribution in [0.1, 0.15) is 65.9 Å². The van der Waals surface area contributed by atoms with Crippen molar-refractivity contribution in [2.24, 2.45) is 10.1 Å². The number of carbonyl (C=O) groups is 1. The molecule has 0 saturated carbocycles. The molecule has 1 aromatic rings. The van der Waals surface area contributed by atoms with Gasteiger partial charge in [0.15, 0.2) is 11.5 Å². The maximum atomic E-state index is 12.4. The zero-order valence-electron chi connectivity index (χ0n) is 26.7. The lowest BCUT2D eigenvalue weighted by molar-refractivity contribution is -0.120. The first-order valence-electron chi connectivity index (χ1n) is 14.6. The van der Waals surface area contributed by atoms with Gasteiger partial charge in [0, 0.05) is 19.4 Å². The maximum Gasteiger partial charge on any atom is 0.227 e. The van der Waals surface area contributed by atoms with E-state index in [1.165, 1.54) is 0 Å². The summed E-state index contributed by atoms with van der Waals surface area (Å²) >= 11 is 0. The number of rotatable bonds is 12. The highest BCUT2D eigenvalue weighted by Gasteiger charge is 2.12. The standard InChI is InChI=1S/C30H37N3O5.C3H4.C2H6/c1-5-6-9-24(16-18-31-29(34)21-25-14-12-22(2)33-38-25)26-10-7-8-11-30(32-26)37-19-17-23-13-15-27(35-3)28(20-23)36-4;1-3-2;1-2/h6,8-11,13-16,20H,5,7,12,17-19,21H2,1-4H3,(H,31,34);1H,2H3;1-2H3/b9-6-,24-16+;;. The molecule has 3 rings (SSSR count). The van der Waals surface area contributed by atoms with Crippen molar-refractivity contribution in [1.29, 1.82) is 0 Å². The lowest BCUT2D eigenvalue weighted by atomic mass is 10.1. The Morgan fingerprint density at radius 2 is 1.93 bits per heavy atom. The van der Waals surface area contributed by atoms with Gasteiger partial charge in [-0.05, 0) is 62.1 Å². The summed E-state index contributed by atoms with van der Waals surface area (Å²) < 4.78 is 16.7. The van der Waals surface area contributed by atoms with Gasteiger partial charge in [-0.3, -0.25) is 4.79 Å². The number of amides is 1. The number of allylic oxidation sites excluding steroid dienone is 5. The monoisotopic (exact) mass is 589 g/mol. The van der Waals surface area contributed by atoms with Gasteiger partial charge in [0.05, 0.1) is 38.7 Å². The van der Waals surface area contributed by atoms with Crippen LogP contribution in [0.25, 0.3) is 0 Å². The third-order valence-electron chi connectivity index (χ3n) is 5.76. The Bertz CT molecular complexity index is 1280. The number of methoxy groups -OCH3 is 2. The van der Waals surface area contributed by atoms with Gasteiger partial charge in [-0.15, -0.1) is 12.3 Å². The smallest absolute Gasteiger partial charge is 0.227 e. The summed E-state index contributed by atoms with van der Waals surface area (Å²) in [6, 6.07) is 5.84. The Balaban J connectivity index is 0.00000174. The van der Waals surface area contributed by atoms with E-state index in [9.17, 15) is 4.79 Å². The summed E-state index contributed by atoms with van der Waals surface area (Å²) in [6.45, 7) is 10.5. The van der Waals surface area contributed by atoms with E-state index in [1.54, 1.807) is 21.1 Å². The number of nitrogens with zero attached hydrogens (tertiary/aromatic N) is 2. The number of hydrogen-bond donors (Lipinski definition) is 1. The number of terminal acetylenes is 1. The first-order chi connectivity index (χ1) is 20.9. The minimum atomic E-state index is -0.125. The van der Waals surface area contributed by atoms with Gasteiger partial charge in [0.1, 0.15) is 5.76 Å². The zero-order chi connectivity index (χ0) is 31.9. The van der Waals surface area contributed by atoms with Gasteiger partial charge >= 0.3 is 0 Å². The minimum absolute atomic E-state index is 0.125. The molecule has 0 unspecified atom stereocenters. The van der Waals surface area contributed by atoms with Crippen LogP contribution < -0.4 is 14.8 Å². The summed E-state index contributed by atoms with van der Waals surface area (Å²) in [4.78, 5) is 22.4. The molecule has 0 atom stereocenters. The Kier molecular flexibility index (Phi) is 18.8. The predicted molar refractivity (Wildman–Crippen MR) is 176 cm³/mol. The number of benzene rings is 1. The van der Waals surface area contributed by atoms with Crippen molar-refractivity contribution in [2.45, 2.75) is 66.7 Å². The van der Waals surface area contributed by atoms with Crippen molar-refractivity contribution in [2.75, 3.05) is 27.4 Å². The molecule has 2 aliphatic rings. The molecule has 1 aromatic carbocycles. The third kappa shape index (κ3) is 14.3. The van der Waals surface area contributed by atoms with Gasteiger partial charge < -0.3 is 24.4 Å². The van der Waals surface area contributed by atoms with Gasteiger partial charge in [0.2, 0.25) is 11.8 Å². The van der Waals surface area contributed by atoms with Gasteiger partial charge in [0.25, 0.3) is 0 Å². The molecular weight excluding hydrogens is 542 g/mol. The van der Waals surface area contributed by atoms with Crippen molar-refractivity contribution in [1.82, 2.24) is 5.32 Å². The molecule has 8 nitrogen and oxygen atoms in total. The van der Waals surface area contributed by atoms with Crippen LogP contribution in [0.2, 0.25) is 0 Å². The number of oxime groups is 1. The SMILES string of the molecule is C#CC.CC.CC/C=C\C(=C/CNC(=O)CC1=CCC(C)=NO1)C1=CCC=CC(OCCc2ccc(OC)c(OC)c2)=N1. The molecule has 8 heteroatoms. The first kappa shape index (κ1) is 36.5. The molecule has 0 fully saturated rings. The molecule has 1 N–H and O–H groups in total. The number of ether oxygens (including phenoxy) is 3. The molecule has 232 valence electrons. The van der Waals surface area contributed by atoms with E-state index in [2.05, 4.69) is 41.9 Å². The fourth-order valence-electron chi connectivity index (χ4n) is 3.70. The fraction of sp³-hybridized carbons (Fsp3) is 0.400. The quantitative estimate of drug-likeness (QED) is 0.205. The van der Waals surface area contributed by atoms with Crippen LogP contribution in [0.3, 0.4) is 0 Å². The van der Waals surface area contributed by atoms with Gasteiger partial charge in [-0.25, -0.2) is 4.99 Å². The second-order valence-electron chi connectivity index (χ2n) is 9.00. The van der Waals surface area contributed by atoms with Crippen molar-refractivity contribution in [3.63, 3.8) is 0 Å². The molecule has 0 aliphatic carbocycles. The van der Waals surface area contributed by atoms with Gasteiger partial charge in [-0.2, -0.15) is 0 Å². The summed E-state index contributed by atoms with van der Waals surface area (Å²) in [7, 11) is 3.24. The van der Waals surface area contributed by atoms with Crippen LogP contribution in [0.15, 0.2) is 87.9 Å². The molecule has 0 aromatic heterocycles. The zero-order valence-corrected chi connectivity index (χ0v) is 26.7. The van der Waals surface area contributed by atoms with E-state index >= 15 is 0 Å². The van der Waals surface area contributed by atoms with Crippen molar-refractivity contribution in [3.8, 4) is 23.8 Å². The summed E-state index contributed by atoms with van der Waals surface area (Å²) in [5.41, 5.74) is 3.69. The molecular formula is C35H47N3O5. The highest BCUT2D eigenvalue weighted by Crippen LogP contribution is 2.27. The Morgan fingerprint density at radius 3 is 2.58 bits per heavy atom. The Labute approximate surface area is 257 Å². The highest BCUT2D eigenvalue weighted by molar-refractivity contribution is 5.89. The lowest BCUT2D eigenvalue weighted by Gasteiger charge is -2.11. The van der Waals surface area contributed by atoms with Crippen LogP contribution in [-0.4, -0.2) is 44.9 Å². The second kappa shape index (κ2) is 22.1. The highest BCUT2D eigenvalue weighted by atomic mass is 16.6. The van der Waals surface area contributed by atoms with E-state index in [-0.39, 0.29) is 12.3 Å². The van der Waals surface area contributed by atoms with Crippen LogP contribution >= 0.6 is 0 Å². The summed E-state index contributed by atoms with van der Waals surface area (Å²) in [6.07, 6.45) is 21.7. The van der Waals surface area contributed by atoms with E-state index in [0.29, 0.717) is 49.1 Å². The van der Waals surface area contributed by atoms with Crippen LogP contribution in [0, 0.1) is 12.3 Å². The molecule has 43 heavy (non-hydrogen) atoms. The van der Waals surface area contributed by atoms with Crippen LogP contribution in [-0.2, 0) is 20.8 Å². The largest absolute Gasteiger partial charge is 0.493 e. The minimum Gasteiger partial charge on any atom is -0.493 e. The average molecular weight is 590 g/mol. The predicted octanol–water partition coefficient (Wildman–Crippen LogP) is 7.25. The maximum absolute atomic E-state index is 12.4. The number of nitrogens with one attached hydrogen (secondary N) is 1. The Morgan fingerprint density at radius 1 is 1.19 bits per heavy atom. The molecule has 0 spiro atoms. The van der Waals surface area contributed by atoms with Crippen molar-refractivity contribution in [3.05, 3.63) is 83.3 Å². The van der Waals surface area contributed by atoms with E-state index in [0.717, 1.165) is 35.4 Å². The molecule has 2 aliphatic heterocycles. The van der Waals surface area contributed by atoms with E-state index < -0.39 is 0 Å². The fourth-order valence-corrected chi connectivity index (χ4v) is 3.70. The summed E-state index contributed by atoms with van der Waals surface area (Å²) in [5.74, 6) is 4.63. The van der Waals surface area contributed by atoms with Crippen molar-refractivity contribution >= 4 is 17.5 Å². The Hall–Kier alpha value is -4.51. The van der Waals surface area contributed by atoms with Crippen molar-refractivity contribution < 1.29 is 23.8 Å². The molecule has 0 radical (unpaired) electrons. The molecule has 2 heterocycles. The lowest BCUT2D eigenvalue weighted by Crippen LogP contribution is -2.24. The molecule has 0 bridgehead atoms. The normalized spacial score (nSPS) is 14.0. The number of aliphatic imine (C=N–C) groups is 1. The number of carbonyl (C=O) groups excluding carboxylic acids is 1. The van der Waals surface area contributed by atoms with Gasteiger partial charge in [-0.1, -0.05) is 62.4 Å². The second-order valence-corrected chi connectivity index (χ2v) is 9.00. The average Bonchev–Trinajstić information content (AvgIpc) is 3.27. The van der Waals surface area contributed by atoms with Crippen LogP contribution in [0.4, 0.5) is 0 Å². The number of hydrogen-bond acceptors (Lipinski definition) is 7. The molecule has 1 amide bonds. The van der Waals surface area contributed by atoms with E-state index in [1.807, 2.05) is 69.4 Å². The topological polar surface area (TPSA) is 90.7 Å². The first-order valence-corrected chi connectivity index (χ1v) is 14.6. The van der Waals surface area contributed by atoms with E-state index in [4.69, 9.17) is 24.0 Å². The molecule has 0 saturated heterocycles. The van der Waals surface area contributed by atoms with Crippen LogP contribution in [0.5, 0.6) is 11.5 Å². The summed E-state index contributed by atoms with van der Waals surface area (Å²) in [5, 5.41) is 6.86.